The predicted molar refractivity (Wildman–Crippen MR) is 73.0 cm³/mol. The van der Waals surface area contributed by atoms with Gasteiger partial charge in [-0.3, -0.25) is 4.79 Å². The standard InChI is InChI=1S/C15H20N2O2/c18-12-5-8-17(9-6-12)15(19)14-3-1-2-11-10-16-7-4-13(11)14/h1-3,12,16,18H,4-10H2. The fourth-order valence-corrected chi connectivity index (χ4v) is 2.97. The molecule has 0 aromatic heterocycles. The highest BCUT2D eigenvalue weighted by molar-refractivity contribution is 5.96. The SMILES string of the molecule is O=C(c1cccc2c1CCNC2)N1CCC(O)CC1. The van der Waals surface area contributed by atoms with Crippen LogP contribution < -0.4 is 5.32 Å². The van der Waals surface area contributed by atoms with Crippen LogP contribution in [0.2, 0.25) is 0 Å². The van der Waals surface area contributed by atoms with E-state index in [1.54, 1.807) is 0 Å². The minimum absolute atomic E-state index is 0.130. The number of likely N-dealkylation sites (tertiary alicyclic amines) is 1. The van der Waals surface area contributed by atoms with E-state index in [4.69, 9.17) is 0 Å². The molecule has 1 fully saturated rings. The van der Waals surface area contributed by atoms with Crippen LogP contribution in [0.3, 0.4) is 0 Å². The number of hydrogen-bond donors (Lipinski definition) is 2. The lowest BCUT2D eigenvalue weighted by Gasteiger charge is -2.31. The number of amides is 1. The number of aliphatic hydroxyl groups is 1. The van der Waals surface area contributed by atoms with E-state index in [0.29, 0.717) is 25.9 Å². The Hall–Kier alpha value is -1.39. The van der Waals surface area contributed by atoms with Crippen LogP contribution in [-0.4, -0.2) is 41.7 Å². The Labute approximate surface area is 113 Å². The van der Waals surface area contributed by atoms with Gasteiger partial charge in [-0.15, -0.1) is 0 Å². The third kappa shape index (κ3) is 2.51. The molecule has 0 saturated carbocycles. The number of nitrogens with zero attached hydrogens (tertiary/aromatic N) is 1. The van der Waals surface area contributed by atoms with Gasteiger partial charge in [-0.05, 0) is 43.0 Å². The van der Waals surface area contributed by atoms with Crippen molar-refractivity contribution in [2.24, 2.45) is 0 Å². The van der Waals surface area contributed by atoms with Gasteiger partial charge in [-0.1, -0.05) is 12.1 Å². The summed E-state index contributed by atoms with van der Waals surface area (Å²) in [7, 11) is 0. The molecule has 4 heteroatoms. The van der Waals surface area contributed by atoms with Gasteiger partial charge in [0.15, 0.2) is 0 Å². The Morgan fingerprint density at radius 2 is 2.11 bits per heavy atom. The summed E-state index contributed by atoms with van der Waals surface area (Å²) >= 11 is 0. The first kappa shape index (κ1) is 12.6. The Kier molecular flexibility index (Phi) is 3.53. The van der Waals surface area contributed by atoms with Crippen LogP contribution in [0.5, 0.6) is 0 Å². The third-order valence-electron chi connectivity index (χ3n) is 4.12. The number of nitrogens with one attached hydrogen (secondary N) is 1. The third-order valence-corrected chi connectivity index (χ3v) is 4.12. The van der Waals surface area contributed by atoms with Gasteiger partial charge in [0, 0.05) is 25.2 Å². The molecule has 0 radical (unpaired) electrons. The van der Waals surface area contributed by atoms with Gasteiger partial charge in [0.2, 0.25) is 0 Å². The van der Waals surface area contributed by atoms with Gasteiger partial charge >= 0.3 is 0 Å². The van der Waals surface area contributed by atoms with Crippen molar-refractivity contribution in [3.05, 3.63) is 34.9 Å². The molecule has 0 aliphatic carbocycles. The summed E-state index contributed by atoms with van der Waals surface area (Å²) in [5, 5.41) is 12.9. The highest BCUT2D eigenvalue weighted by Crippen LogP contribution is 2.21. The van der Waals surface area contributed by atoms with Crippen molar-refractivity contribution in [3.8, 4) is 0 Å². The van der Waals surface area contributed by atoms with E-state index in [2.05, 4.69) is 11.4 Å². The average Bonchev–Trinajstić information content (AvgIpc) is 2.47. The lowest BCUT2D eigenvalue weighted by atomic mass is 9.94. The van der Waals surface area contributed by atoms with Gasteiger partial charge in [-0.2, -0.15) is 0 Å². The van der Waals surface area contributed by atoms with Crippen LogP contribution in [0.1, 0.15) is 34.3 Å². The first-order valence-electron chi connectivity index (χ1n) is 7.04. The number of fused-ring (bicyclic) bond motifs is 1. The minimum Gasteiger partial charge on any atom is -0.393 e. The zero-order valence-corrected chi connectivity index (χ0v) is 11.1. The van der Waals surface area contributed by atoms with Crippen molar-refractivity contribution in [1.29, 1.82) is 0 Å². The van der Waals surface area contributed by atoms with Crippen molar-refractivity contribution < 1.29 is 9.90 Å². The minimum atomic E-state index is -0.238. The number of carbonyl (C=O) groups excluding carboxylic acids is 1. The maximum absolute atomic E-state index is 12.6. The van der Waals surface area contributed by atoms with Gasteiger partial charge < -0.3 is 15.3 Å². The number of piperidine rings is 1. The summed E-state index contributed by atoms with van der Waals surface area (Å²) in [6, 6.07) is 6.01. The first-order chi connectivity index (χ1) is 9.25. The molecule has 3 rings (SSSR count). The monoisotopic (exact) mass is 260 g/mol. The van der Waals surface area contributed by atoms with Crippen molar-refractivity contribution >= 4 is 5.91 Å². The topological polar surface area (TPSA) is 52.6 Å². The van der Waals surface area contributed by atoms with E-state index < -0.39 is 0 Å². The van der Waals surface area contributed by atoms with E-state index in [0.717, 1.165) is 25.1 Å². The number of aliphatic hydroxyl groups excluding tert-OH is 1. The molecule has 2 aliphatic rings. The molecule has 102 valence electrons. The molecule has 0 bridgehead atoms. The van der Waals surface area contributed by atoms with E-state index in [1.807, 2.05) is 17.0 Å². The van der Waals surface area contributed by atoms with Crippen molar-refractivity contribution in [2.45, 2.75) is 31.9 Å². The Bertz CT molecular complexity index is 479. The Balaban J connectivity index is 1.83. The highest BCUT2D eigenvalue weighted by atomic mass is 16.3. The number of carbonyl (C=O) groups is 1. The van der Waals surface area contributed by atoms with E-state index in [1.165, 1.54) is 11.1 Å². The zero-order valence-electron chi connectivity index (χ0n) is 11.1. The van der Waals surface area contributed by atoms with E-state index >= 15 is 0 Å². The molecule has 19 heavy (non-hydrogen) atoms. The summed E-state index contributed by atoms with van der Waals surface area (Å²) < 4.78 is 0. The van der Waals surface area contributed by atoms with Crippen molar-refractivity contribution in [2.75, 3.05) is 19.6 Å². The fourth-order valence-electron chi connectivity index (χ4n) is 2.97. The normalized spacial score (nSPS) is 20.2. The van der Waals surface area contributed by atoms with Crippen LogP contribution in [-0.2, 0) is 13.0 Å². The molecule has 1 aromatic rings. The molecule has 0 atom stereocenters. The van der Waals surface area contributed by atoms with Crippen LogP contribution in [0.4, 0.5) is 0 Å². The lowest BCUT2D eigenvalue weighted by Crippen LogP contribution is -2.40. The molecule has 1 saturated heterocycles. The molecule has 1 amide bonds. The van der Waals surface area contributed by atoms with Gasteiger partial charge in [0.05, 0.1) is 6.10 Å². The van der Waals surface area contributed by atoms with Crippen LogP contribution in [0.25, 0.3) is 0 Å². The molecular formula is C15H20N2O2. The highest BCUT2D eigenvalue weighted by Gasteiger charge is 2.25. The number of rotatable bonds is 1. The Morgan fingerprint density at radius 3 is 2.89 bits per heavy atom. The summed E-state index contributed by atoms with van der Waals surface area (Å²) in [4.78, 5) is 14.5. The second kappa shape index (κ2) is 5.31. The van der Waals surface area contributed by atoms with Crippen LogP contribution in [0, 0.1) is 0 Å². The zero-order chi connectivity index (χ0) is 13.2. The summed E-state index contributed by atoms with van der Waals surface area (Å²) in [5.74, 6) is 0.130. The quantitative estimate of drug-likeness (QED) is 0.790. The number of benzene rings is 1. The average molecular weight is 260 g/mol. The predicted octanol–water partition coefficient (Wildman–Crippen LogP) is 0.929. The molecular weight excluding hydrogens is 240 g/mol. The molecule has 4 nitrogen and oxygen atoms in total. The smallest absolute Gasteiger partial charge is 0.254 e. The fraction of sp³-hybridized carbons (Fsp3) is 0.533. The van der Waals surface area contributed by atoms with Crippen LogP contribution in [0.15, 0.2) is 18.2 Å². The molecule has 0 unspecified atom stereocenters. The summed E-state index contributed by atoms with van der Waals surface area (Å²) in [5.41, 5.74) is 3.31. The van der Waals surface area contributed by atoms with Crippen LogP contribution >= 0.6 is 0 Å². The molecule has 0 spiro atoms. The van der Waals surface area contributed by atoms with Gasteiger partial charge in [0.25, 0.3) is 5.91 Å². The van der Waals surface area contributed by atoms with E-state index in [9.17, 15) is 9.90 Å². The second-order valence-electron chi connectivity index (χ2n) is 5.39. The molecule has 1 aromatic carbocycles. The largest absolute Gasteiger partial charge is 0.393 e. The van der Waals surface area contributed by atoms with Crippen molar-refractivity contribution in [1.82, 2.24) is 10.2 Å². The van der Waals surface area contributed by atoms with Crippen molar-refractivity contribution in [3.63, 3.8) is 0 Å². The summed E-state index contributed by atoms with van der Waals surface area (Å²) in [6.45, 7) is 3.13. The Morgan fingerprint density at radius 1 is 1.32 bits per heavy atom. The van der Waals surface area contributed by atoms with Gasteiger partial charge in [0.1, 0.15) is 0 Å². The molecule has 2 N–H and O–H groups in total. The van der Waals surface area contributed by atoms with Gasteiger partial charge in [-0.25, -0.2) is 0 Å². The number of hydrogen-bond acceptors (Lipinski definition) is 3. The second-order valence-corrected chi connectivity index (χ2v) is 5.39. The maximum atomic E-state index is 12.6. The molecule has 2 aliphatic heterocycles. The molecule has 2 heterocycles. The summed E-state index contributed by atoms with van der Waals surface area (Å²) in [6.07, 6.45) is 2.08. The lowest BCUT2D eigenvalue weighted by molar-refractivity contribution is 0.0545. The first-order valence-corrected chi connectivity index (χ1v) is 7.04. The maximum Gasteiger partial charge on any atom is 0.254 e. The van der Waals surface area contributed by atoms with E-state index in [-0.39, 0.29) is 12.0 Å².